The quantitative estimate of drug-likeness (QED) is 0.918. The van der Waals surface area contributed by atoms with Crippen molar-refractivity contribution in [3.8, 4) is 0 Å². The molecule has 2 aromatic rings. The highest BCUT2D eigenvalue weighted by atomic mass is 35.5. The summed E-state index contributed by atoms with van der Waals surface area (Å²) in [4.78, 5) is 0. The predicted molar refractivity (Wildman–Crippen MR) is 70.6 cm³/mol. The number of fused-ring (bicyclic) bond motifs is 1. The highest BCUT2D eigenvalue weighted by molar-refractivity contribution is 6.31. The van der Waals surface area contributed by atoms with Crippen LogP contribution in [0.15, 0.2) is 24.4 Å². The number of aliphatic hydroxyl groups is 1. The van der Waals surface area contributed by atoms with Gasteiger partial charge in [-0.15, -0.1) is 0 Å². The van der Waals surface area contributed by atoms with Gasteiger partial charge in [0, 0.05) is 6.54 Å². The average molecular weight is 281 g/mol. The van der Waals surface area contributed by atoms with Gasteiger partial charge in [0.15, 0.2) is 0 Å². The van der Waals surface area contributed by atoms with Crippen LogP contribution in [0.25, 0.3) is 0 Å². The van der Waals surface area contributed by atoms with Crippen molar-refractivity contribution in [2.75, 3.05) is 0 Å². The van der Waals surface area contributed by atoms with E-state index in [0.29, 0.717) is 30.1 Å². The predicted octanol–water partition coefficient (Wildman–Crippen LogP) is 2.88. The second-order valence-electron chi connectivity index (χ2n) is 4.82. The van der Waals surface area contributed by atoms with E-state index >= 15 is 0 Å². The molecule has 3 nitrogen and oxygen atoms in total. The van der Waals surface area contributed by atoms with Gasteiger partial charge >= 0.3 is 0 Å². The fourth-order valence-corrected chi connectivity index (χ4v) is 3.18. The van der Waals surface area contributed by atoms with Crippen LogP contribution in [0, 0.1) is 5.82 Å². The molecular weight excluding hydrogens is 267 g/mol. The van der Waals surface area contributed by atoms with Gasteiger partial charge in [-0.25, -0.2) is 4.39 Å². The summed E-state index contributed by atoms with van der Waals surface area (Å²) in [6.07, 6.45) is 2.67. The van der Waals surface area contributed by atoms with Crippen LogP contribution in [0.1, 0.15) is 30.2 Å². The summed E-state index contributed by atoms with van der Waals surface area (Å²) < 4.78 is 15.0. The minimum atomic E-state index is -1.17. The summed E-state index contributed by atoms with van der Waals surface area (Å²) in [5, 5.41) is 15.6. The molecule has 0 radical (unpaired) electrons. The molecule has 0 aliphatic heterocycles. The first-order valence-electron chi connectivity index (χ1n) is 6.29. The Morgan fingerprint density at radius 2 is 2.32 bits per heavy atom. The highest BCUT2D eigenvalue weighted by Gasteiger charge is 2.42. The number of halogens is 2. The Bertz CT molecular complexity index is 640. The summed E-state index contributed by atoms with van der Waals surface area (Å²) >= 11 is 6.17. The van der Waals surface area contributed by atoms with Crippen LogP contribution >= 0.6 is 11.6 Å². The molecule has 0 bridgehead atoms. The van der Waals surface area contributed by atoms with Gasteiger partial charge < -0.3 is 5.11 Å². The first-order valence-corrected chi connectivity index (χ1v) is 6.67. The number of nitrogens with zero attached hydrogens (tertiary/aromatic N) is 2. The maximum atomic E-state index is 13.3. The normalized spacial score (nSPS) is 21.7. The van der Waals surface area contributed by atoms with Crippen molar-refractivity contribution in [1.29, 1.82) is 0 Å². The second kappa shape index (κ2) is 4.32. The topological polar surface area (TPSA) is 38.0 Å². The molecule has 1 N–H and O–H groups in total. The third-order valence-corrected chi connectivity index (χ3v) is 4.03. The first kappa shape index (κ1) is 12.6. The van der Waals surface area contributed by atoms with Crippen LogP contribution < -0.4 is 0 Å². The number of aromatic nitrogens is 2. The van der Waals surface area contributed by atoms with E-state index in [2.05, 4.69) is 5.10 Å². The molecule has 0 saturated heterocycles. The molecule has 1 atom stereocenters. The molecule has 1 unspecified atom stereocenters. The largest absolute Gasteiger partial charge is 0.379 e. The van der Waals surface area contributed by atoms with Crippen molar-refractivity contribution in [3.63, 3.8) is 0 Å². The Labute approximate surface area is 115 Å². The van der Waals surface area contributed by atoms with E-state index in [1.54, 1.807) is 16.9 Å². The summed E-state index contributed by atoms with van der Waals surface area (Å²) in [7, 11) is 0. The molecule has 0 saturated carbocycles. The van der Waals surface area contributed by atoms with Crippen LogP contribution in [-0.4, -0.2) is 14.9 Å². The fraction of sp³-hybridized carbons (Fsp3) is 0.357. The van der Waals surface area contributed by atoms with E-state index in [1.807, 2.05) is 6.92 Å². The number of aryl methyl sites for hydroxylation is 2. The lowest BCUT2D eigenvalue weighted by atomic mass is 9.92. The minimum absolute atomic E-state index is 0.280. The zero-order valence-corrected chi connectivity index (χ0v) is 11.3. The molecule has 5 heteroatoms. The van der Waals surface area contributed by atoms with Crippen LogP contribution in [-0.2, 0) is 18.6 Å². The summed E-state index contributed by atoms with van der Waals surface area (Å²) in [6, 6.07) is 4.49. The number of rotatable bonds is 2. The molecule has 19 heavy (non-hydrogen) atoms. The second-order valence-corrected chi connectivity index (χ2v) is 5.23. The van der Waals surface area contributed by atoms with E-state index in [9.17, 15) is 9.50 Å². The van der Waals surface area contributed by atoms with Gasteiger partial charge in [0.05, 0.1) is 16.9 Å². The van der Waals surface area contributed by atoms with Crippen LogP contribution in [0.5, 0.6) is 0 Å². The van der Waals surface area contributed by atoms with Gasteiger partial charge in [-0.1, -0.05) is 17.7 Å². The Morgan fingerprint density at radius 1 is 1.53 bits per heavy atom. The van der Waals surface area contributed by atoms with Crippen molar-refractivity contribution in [1.82, 2.24) is 9.78 Å². The molecule has 0 spiro atoms. The third-order valence-electron chi connectivity index (χ3n) is 3.76. The van der Waals surface area contributed by atoms with Crippen LogP contribution in [0.2, 0.25) is 5.02 Å². The van der Waals surface area contributed by atoms with Gasteiger partial charge in [0.2, 0.25) is 0 Å². The Kier molecular flexibility index (Phi) is 2.87. The molecule has 100 valence electrons. The Balaban J connectivity index is 2.19. The standard InChI is InChI=1S/C14H14ClFN2O/c1-2-18-13(12(15)8-17-18)14(19)6-5-9-7-10(16)3-4-11(9)14/h3-4,7-8,19H,2,5-6H2,1H3. The maximum Gasteiger partial charge on any atom is 0.133 e. The van der Waals surface area contributed by atoms with Crippen molar-refractivity contribution in [2.24, 2.45) is 0 Å². The van der Waals surface area contributed by atoms with Crippen molar-refractivity contribution in [2.45, 2.75) is 31.9 Å². The number of hydrogen-bond donors (Lipinski definition) is 1. The maximum absolute atomic E-state index is 13.3. The monoisotopic (exact) mass is 280 g/mol. The minimum Gasteiger partial charge on any atom is -0.379 e. The molecule has 1 aliphatic carbocycles. The molecule has 1 aromatic heterocycles. The van der Waals surface area contributed by atoms with Gasteiger partial charge in [0.25, 0.3) is 0 Å². The Hall–Kier alpha value is -1.39. The number of hydrogen-bond acceptors (Lipinski definition) is 2. The van der Waals surface area contributed by atoms with Gasteiger partial charge in [-0.3, -0.25) is 4.68 Å². The zero-order valence-electron chi connectivity index (χ0n) is 10.5. The smallest absolute Gasteiger partial charge is 0.133 e. The average Bonchev–Trinajstić information content (AvgIpc) is 2.91. The van der Waals surface area contributed by atoms with Crippen LogP contribution in [0.3, 0.4) is 0 Å². The van der Waals surface area contributed by atoms with E-state index in [4.69, 9.17) is 11.6 Å². The van der Waals surface area contributed by atoms with E-state index in [0.717, 1.165) is 11.1 Å². The Morgan fingerprint density at radius 3 is 3.05 bits per heavy atom. The lowest BCUT2D eigenvalue weighted by Crippen LogP contribution is -2.28. The molecule has 0 amide bonds. The fourth-order valence-electron chi connectivity index (χ4n) is 2.88. The lowest BCUT2D eigenvalue weighted by Gasteiger charge is -2.25. The summed E-state index contributed by atoms with van der Waals surface area (Å²) in [5.74, 6) is -0.280. The number of benzene rings is 1. The van der Waals surface area contributed by atoms with Gasteiger partial charge in [-0.05, 0) is 43.0 Å². The summed E-state index contributed by atoms with van der Waals surface area (Å²) in [6.45, 7) is 2.57. The van der Waals surface area contributed by atoms with E-state index < -0.39 is 5.60 Å². The van der Waals surface area contributed by atoms with Crippen molar-refractivity contribution >= 4 is 11.6 Å². The van der Waals surface area contributed by atoms with Crippen LogP contribution in [0.4, 0.5) is 4.39 Å². The molecular formula is C14H14ClFN2O. The molecule has 0 fully saturated rings. The van der Waals surface area contributed by atoms with Gasteiger partial charge in [0.1, 0.15) is 11.4 Å². The summed E-state index contributed by atoms with van der Waals surface area (Å²) in [5.41, 5.74) is 0.988. The van der Waals surface area contributed by atoms with E-state index in [1.165, 1.54) is 12.1 Å². The molecule has 3 rings (SSSR count). The van der Waals surface area contributed by atoms with E-state index in [-0.39, 0.29) is 5.82 Å². The highest BCUT2D eigenvalue weighted by Crippen LogP contribution is 2.44. The molecule has 1 heterocycles. The lowest BCUT2D eigenvalue weighted by molar-refractivity contribution is 0.0730. The van der Waals surface area contributed by atoms with Gasteiger partial charge in [-0.2, -0.15) is 5.10 Å². The molecule has 1 aromatic carbocycles. The first-order chi connectivity index (χ1) is 9.06. The SMILES string of the molecule is CCn1ncc(Cl)c1C1(O)CCc2cc(F)ccc21. The van der Waals surface area contributed by atoms with Crippen molar-refractivity contribution in [3.05, 3.63) is 52.1 Å². The third kappa shape index (κ3) is 1.78. The molecule has 1 aliphatic rings. The zero-order chi connectivity index (χ0) is 13.6. The van der Waals surface area contributed by atoms with Crippen molar-refractivity contribution < 1.29 is 9.50 Å².